The second-order valence-electron chi connectivity index (χ2n) is 5.56. The fourth-order valence-electron chi connectivity index (χ4n) is 2.93. The first kappa shape index (κ1) is 15.2. The third-order valence-electron chi connectivity index (χ3n) is 4.01. The standard InChI is InChI=1S/C16H20N4OS/c17-10-4-5-12-22-16-19-18-15(14-9-6-11-21-14)20(16)13-7-2-1-3-8-13/h6,9,11,13H,1-5,7-8,12H2. The molecule has 0 atom stereocenters. The van der Waals surface area contributed by atoms with E-state index in [4.69, 9.17) is 9.68 Å². The molecule has 0 amide bonds. The van der Waals surface area contributed by atoms with Crippen molar-refractivity contribution >= 4 is 11.8 Å². The maximum atomic E-state index is 8.65. The largest absolute Gasteiger partial charge is 0.461 e. The van der Waals surface area contributed by atoms with Gasteiger partial charge < -0.3 is 4.42 Å². The lowest BCUT2D eigenvalue weighted by Gasteiger charge is -2.25. The minimum Gasteiger partial charge on any atom is -0.461 e. The van der Waals surface area contributed by atoms with Crippen LogP contribution in [0.25, 0.3) is 11.6 Å². The second kappa shape index (κ2) is 7.50. The summed E-state index contributed by atoms with van der Waals surface area (Å²) in [4.78, 5) is 0. The van der Waals surface area contributed by atoms with E-state index in [1.807, 2.05) is 12.1 Å². The molecular weight excluding hydrogens is 296 g/mol. The summed E-state index contributed by atoms with van der Waals surface area (Å²) in [5, 5.41) is 18.3. The average molecular weight is 316 g/mol. The molecule has 2 heterocycles. The van der Waals surface area contributed by atoms with Crippen LogP contribution in [-0.2, 0) is 0 Å². The quantitative estimate of drug-likeness (QED) is 0.582. The van der Waals surface area contributed by atoms with Gasteiger partial charge in [-0.1, -0.05) is 31.0 Å². The van der Waals surface area contributed by atoms with Crippen LogP contribution >= 0.6 is 11.8 Å². The molecule has 1 fully saturated rings. The number of rotatable bonds is 6. The third kappa shape index (κ3) is 3.36. The zero-order chi connectivity index (χ0) is 15.2. The fourth-order valence-corrected chi connectivity index (χ4v) is 3.88. The zero-order valence-electron chi connectivity index (χ0n) is 12.6. The maximum Gasteiger partial charge on any atom is 0.200 e. The smallest absolute Gasteiger partial charge is 0.200 e. The number of hydrogen-bond acceptors (Lipinski definition) is 5. The molecule has 0 N–H and O–H groups in total. The van der Waals surface area contributed by atoms with Crippen LogP contribution in [0.3, 0.4) is 0 Å². The highest BCUT2D eigenvalue weighted by Crippen LogP contribution is 2.35. The molecule has 1 aliphatic rings. The third-order valence-corrected chi connectivity index (χ3v) is 5.04. The van der Waals surface area contributed by atoms with Gasteiger partial charge in [0.15, 0.2) is 10.9 Å². The molecule has 0 unspecified atom stereocenters. The molecule has 0 spiro atoms. The molecule has 0 aliphatic heterocycles. The number of aromatic nitrogens is 3. The average Bonchev–Trinajstić information content (AvgIpc) is 3.21. The van der Waals surface area contributed by atoms with Crippen molar-refractivity contribution in [2.75, 3.05) is 5.75 Å². The van der Waals surface area contributed by atoms with E-state index in [9.17, 15) is 0 Å². The Kier molecular flexibility index (Phi) is 5.17. The van der Waals surface area contributed by atoms with Crippen LogP contribution in [0.15, 0.2) is 28.0 Å². The van der Waals surface area contributed by atoms with Crippen molar-refractivity contribution in [1.29, 1.82) is 5.26 Å². The normalized spacial score (nSPS) is 15.8. The van der Waals surface area contributed by atoms with Crippen molar-refractivity contribution in [3.05, 3.63) is 18.4 Å². The van der Waals surface area contributed by atoms with E-state index in [2.05, 4.69) is 20.8 Å². The Balaban J connectivity index is 1.84. The summed E-state index contributed by atoms with van der Waals surface area (Å²) in [6.45, 7) is 0. The van der Waals surface area contributed by atoms with Gasteiger partial charge in [0, 0.05) is 18.2 Å². The topological polar surface area (TPSA) is 67.6 Å². The molecule has 2 aromatic rings. The van der Waals surface area contributed by atoms with E-state index >= 15 is 0 Å². The fraction of sp³-hybridized carbons (Fsp3) is 0.562. The zero-order valence-corrected chi connectivity index (χ0v) is 13.4. The van der Waals surface area contributed by atoms with Crippen molar-refractivity contribution in [1.82, 2.24) is 14.8 Å². The van der Waals surface area contributed by atoms with Crippen molar-refractivity contribution in [2.45, 2.75) is 56.1 Å². The van der Waals surface area contributed by atoms with Crippen molar-refractivity contribution in [3.63, 3.8) is 0 Å². The highest BCUT2D eigenvalue weighted by atomic mass is 32.2. The summed E-state index contributed by atoms with van der Waals surface area (Å²) < 4.78 is 7.79. The van der Waals surface area contributed by atoms with Crippen LogP contribution in [0, 0.1) is 11.3 Å². The molecule has 22 heavy (non-hydrogen) atoms. The monoisotopic (exact) mass is 316 g/mol. The van der Waals surface area contributed by atoms with Crippen LogP contribution in [0.5, 0.6) is 0 Å². The molecule has 0 bridgehead atoms. The molecule has 5 nitrogen and oxygen atoms in total. The Morgan fingerprint density at radius 3 is 2.91 bits per heavy atom. The van der Waals surface area contributed by atoms with Gasteiger partial charge in [-0.15, -0.1) is 10.2 Å². The molecule has 1 saturated carbocycles. The number of unbranched alkanes of at least 4 members (excludes halogenated alkanes) is 1. The van der Waals surface area contributed by atoms with Gasteiger partial charge in [0.1, 0.15) is 0 Å². The summed E-state index contributed by atoms with van der Waals surface area (Å²) in [6, 6.07) is 6.47. The molecule has 0 saturated heterocycles. The molecule has 1 aliphatic carbocycles. The van der Waals surface area contributed by atoms with E-state index < -0.39 is 0 Å². The van der Waals surface area contributed by atoms with Crippen LogP contribution in [0.4, 0.5) is 0 Å². The molecule has 6 heteroatoms. The minimum absolute atomic E-state index is 0.460. The van der Waals surface area contributed by atoms with E-state index in [0.29, 0.717) is 12.5 Å². The summed E-state index contributed by atoms with van der Waals surface area (Å²) in [7, 11) is 0. The van der Waals surface area contributed by atoms with Gasteiger partial charge in [-0.2, -0.15) is 5.26 Å². The number of nitrogens with zero attached hydrogens (tertiary/aromatic N) is 4. The molecular formula is C16H20N4OS. The molecule has 3 rings (SSSR count). The van der Waals surface area contributed by atoms with Crippen molar-refractivity contribution in [2.24, 2.45) is 0 Å². The van der Waals surface area contributed by atoms with Crippen LogP contribution in [-0.4, -0.2) is 20.5 Å². The van der Waals surface area contributed by atoms with E-state index in [1.165, 1.54) is 32.1 Å². The van der Waals surface area contributed by atoms with Gasteiger partial charge >= 0.3 is 0 Å². The van der Waals surface area contributed by atoms with Gasteiger partial charge in [-0.05, 0) is 31.4 Å². The first-order valence-electron chi connectivity index (χ1n) is 7.88. The lowest BCUT2D eigenvalue weighted by Crippen LogP contribution is -2.15. The lowest BCUT2D eigenvalue weighted by molar-refractivity contribution is 0.337. The maximum absolute atomic E-state index is 8.65. The summed E-state index contributed by atoms with van der Waals surface area (Å²) in [5.74, 6) is 2.51. The number of nitriles is 1. The van der Waals surface area contributed by atoms with Crippen LogP contribution < -0.4 is 0 Å². The minimum atomic E-state index is 0.460. The SMILES string of the molecule is N#CCCCSc1nnc(-c2ccco2)n1C1CCCCC1. The van der Waals surface area contributed by atoms with E-state index in [0.717, 1.165) is 28.9 Å². The predicted molar refractivity (Wildman–Crippen MR) is 85.4 cm³/mol. The Morgan fingerprint density at radius 2 is 2.18 bits per heavy atom. The number of hydrogen-bond donors (Lipinski definition) is 0. The summed E-state index contributed by atoms with van der Waals surface area (Å²) in [5.41, 5.74) is 0. The van der Waals surface area contributed by atoms with Crippen molar-refractivity contribution < 1.29 is 4.42 Å². The molecule has 2 aromatic heterocycles. The molecule has 116 valence electrons. The number of thioether (sulfide) groups is 1. The highest BCUT2D eigenvalue weighted by Gasteiger charge is 2.24. The molecule has 0 aromatic carbocycles. The lowest BCUT2D eigenvalue weighted by atomic mass is 9.95. The molecule has 0 radical (unpaired) electrons. The first-order valence-corrected chi connectivity index (χ1v) is 8.87. The van der Waals surface area contributed by atoms with Crippen LogP contribution in [0.1, 0.15) is 51.0 Å². The second-order valence-corrected chi connectivity index (χ2v) is 6.62. The highest BCUT2D eigenvalue weighted by molar-refractivity contribution is 7.99. The van der Waals surface area contributed by atoms with Gasteiger partial charge in [-0.25, -0.2) is 0 Å². The van der Waals surface area contributed by atoms with Crippen molar-refractivity contribution in [3.8, 4) is 17.7 Å². The van der Waals surface area contributed by atoms with Gasteiger partial charge in [0.25, 0.3) is 0 Å². The van der Waals surface area contributed by atoms with Gasteiger partial charge in [0.05, 0.1) is 12.3 Å². The summed E-state index contributed by atoms with van der Waals surface area (Å²) in [6.07, 6.45) is 9.35. The predicted octanol–water partition coefficient (Wildman–Crippen LogP) is 4.44. The summed E-state index contributed by atoms with van der Waals surface area (Å²) >= 11 is 1.70. The Morgan fingerprint density at radius 1 is 1.32 bits per heavy atom. The Bertz CT molecular complexity index is 623. The van der Waals surface area contributed by atoms with E-state index in [-0.39, 0.29) is 0 Å². The first-order chi connectivity index (χ1) is 10.9. The number of furan rings is 1. The Hall–Kier alpha value is -1.74. The van der Waals surface area contributed by atoms with E-state index in [1.54, 1.807) is 18.0 Å². The van der Waals surface area contributed by atoms with Gasteiger partial charge in [0.2, 0.25) is 5.82 Å². The Labute approximate surface area is 134 Å². The van der Waals surface area contributed by atoms with Gasteiger partial charge in [-0.3, -0.25) is 4.57 Å². The van der Waals surface area contributed by atoms with Crippen LogP contribution in [0.2, 0.25) is 0 Å².